The van der Waals surface area contributed by atoms with Gasteiger partial charge in [0.2, 0.25) is 0 Å². The van der Waals surface area contributed by atoms with E-state index >= 15 is 0 Å². The van der Waals surface area contributed by atoms with Crippen LogP contribution >= 0.6 is 27.5 Å². The standard InChI is InChI=1S/C24H22BrClN4O3/c1-14-5-4-6-15(2)22(14)32-13-19-16(3)33-29-21(19)24(31)27-23-20(25)12-30(28-23)11-17-7-9-18(26)10-8-17/h4-10,12H,11,13H2,1-3H3,(H,27,28,31). The van der Waals surface area contributed by atoms with E-state index in [1.807, 2.05) is 56.3 Å². The predicted molar refractivity (Wildman–Crippen MR) is 130 cm³/mol. The van der Waals surface area contributed by atoms with Crippen molar-refractivity contribution < 1.29 is 14.1 Å². The summed E-state index contributed by atoms with van der Waals surface area (Å²) >= 11 is 9.40. The zero-order valence-corrected chi connectivity index (χ0v) is 20.7. The second-order valence-corrected chi connectivity index (χ2v) is 8.97. The van der Waals surface area contributed by atoms with E-state index in [1.165, 1.54) is 0 Å². The van der Waals surface area contributed by atoms with E-state index < -0.39 is 5.91 Å². The Morgan fingerprint density at radius 1 is 1.15 bits per heavy atom. The highest BCUT2D eigenvalue weighted by Crippen LogP contribution is 2.26. The van der Waals surface area contributed by atoms with Crippen LogP contribution in [-0.2, 0) is 13.2 Å². The monoisotopic (exact) mass is 528 g/mol. The van der Waals surface area contributed by atoms with Crippen molar-refractivity contribution in [1.29, 1.82) is 0 Å². The third kappa shape index (κ3) is 5.29. The number of ether oxygens (including phenoxy) is 1. The lowest BCUT2D eigenvalue weighted by molar-refractivity contribution is 0.101. The number of hydrogen-bond acceptors (Lipinski definition) is 5. The van der Waals surface area contributed by atoms with E-state index in [4.69, 9.17) is 20.9 Å². The van der Waals surface area contributed by atoms with Crippen LogP contribution in [0.4, 0.5) is 5.82 Å². The molecule has 0 spiro atoms. The smallest absolute Gasteiger partial charge is 0.279 e. The van der Waals surface area contributed by atoms with Crippen molar-refractivity contribution in [2.75, 3.05) is 5.32 Å². The molecule has 170 valence electrons. The summed E-state index contributed by atoms with van der Waals surface area (Å²) in [4.78, 5) is 13.0. The molecule has 4 rings (SSSR count). The summed E-state index contributed by atoms with van der Waals surface area (Å²) in [7, 11) is 0. The zero-order valence-electron chi connectivity index (χ0n) is 18.4. The Bertz CT molecular complexity index is 1280. The molecule has 0 unspecified atom stereocenters. The van der Waals surface area contributed by atoms with E-state index in [-0.39, 0.29) is 12.3 Å². The number of anilines is 1. The molecule has 2 aromatic carbocycles. The maximum Gasteiger partial charge on any atom is 0.279 e. The highest BCUT2D eigenvalue weighted by atomic mass is 79.9. The summed E-state index contributed by atoms with van der Waals surface area (Å²) in [6, 6.07) is 13.4. The van der Waals surface area contributed by atoms with Crippen molar-refractivity contribution in [2.24, 2.45) is 0 Å². The number of amides is 1. The van der Waals surface area contributed by atoms with Crippen molar-refractivity contribution in [3.63, 3.8) is 0 Å². The lowest BCUT2D eigenvalue weighted by atomic mass is 10.1. The third-order valence-electron chi connectivity index (χ3n) is 5.18. The van der Waals surface area contributed by atoms with Gasteiger partial charge in [0.1, 0.15) is 18.1 Å². The summed E-state index contributed by atoms with van der Waals surface area (Å²) in [6.07, 6.45) is 1.79. The molecule has 7 nitrogen and oxygen atoms in total. The number of benzene rings is 2. The molecule has 1 N–H and O–H groups in total. The molecule has 0 bridgehead atoms. The van der Waals surface area contributed by atoms with Crippen molar-refractivity contribution in [3.05, 3.63) is 91.9 Å². The van der Waals surface area contributed by atoms with Gasteiger partial charge < -0.3 is 14.6 Å². The molecule has 9 heteroatoms. The lowest BCUT2D eigenvalue weighted by Gasteiger charge is -2.12. The molecule has 1 amide bonds. The van der Waals surface area contributed by atoms with Crippen molar-refractivity contribution in [2.45, 2.75) is 33.9 Å². The Balaban J connectivity index is 1.48. The molecule has 0 atom stereocenters. The maximum absolute atomic E-state index is 13.0. The molecule has 2 aromatic heterocycles. The number of rotatable bonds is 7. The fraction of sp³-hybridized carbons (Fsp3) is 0.208. The van der Waals surface area contributed by atoms with Gasteiger partial charge in [-0.1, -0.05) is 47.1 Å². The van der Waals surface area contributed by atoms with Gasteiger partial charge in [0.25, 0.3) is 5.91 Å². The van der Waals surface area contributed by atoms with Gasteiger partial charge in [-0.15, -0.1) is 0 Å². The average molecular weight is 530 g/mol. The third-order valence-corrected chi connectivity index (χ3v) is 6.01. The highest BCUT2D eigenvalue weighted by Gasteiger charge is 2.22. The summed E-state index contributed by atoms with van der Waals surface area (Å²) in [5.41, 5.74) is 3.82. The van der Waals surface area contributed by atoms with Crippen LogP contribution in [0.5, 0.6) is 5.75 Å². The van der Waals surface area contributed by atoms with E-state index in [0.29, 0.717) is 33.2 Å². The number of aromatic nitrogens is 3. The predicted octanol–water partition coefficient (Wildman–Crippen LogP) is 6.09. The second-order valence-electron chi connectivity index (χ2n) is 7.68. The van der Waals surface area contributed by atoms with Gasteiger partial charge >= 0.3 is 0 Å². The fourth-order valence-corrected chi connectivity index (χ4v) is 3.96. The lowest BCUT2D eigenvalue weighted by Crippen LogP contribution is -2.16. The highest BCUT2D eigenvalue weighted by molar-refractivity contribution is 9.10. The second kappa shape index (κ2) is 9.80. The van der Waals surface area contributed by atoms with Gasteiger partial charge in [0, 0.05) is 11.2 Å². The van der Waals surface area contributed by atoms with Crippen LogP contribution in [0.2, 0.25) is 5.02 Å². The molecule has 2 heterocycles. The van der Waals surface area contributed by atoms with Gasteiger partial charge in [-0.25, -0.2) is 0 Å². The van der Waals surface area contributed by atoms with E-state index in [2.05, 4.69) is 31.5 Å². The van der Waals surface area contributed by atoms with Gasteiger partial charge in [0.05, 0.1) is 16.6 Å². The first-order chi connectivity index (χ1) is 15.8. The van der Waals surface area contributed by atoms with Crippen LogP contribution in [-0.4, -0.2) is 20.8 Å². The summed E-state index contributed by atoms with van der Waals surface area (Å²) < 4.78 is 13.7. The van der Waals surface area contributed by atoms with Crippen molar-refractivity contribution in [1.82, 2.24) is 14.9 Å². The first kappa shape index (κ1) is 23.1. The van der Waals surface area contributed by atoms with Gasteiger partial charge in [-0.3, -0.25) is 9.48 Å². The Morgan fingerprint density at radius 2 is 1.85 bits per heavy atom. The Labute approximate surface area is 204 Å². The topological polar surface area (TPSA) is 82.2 Å². The van der Waals surface area contributed by atoms with Crippen LogP contribution < -0.4 is 10.1 Å². The van der Waals surface area contributed by atoms with Crippen LogP contribution in [0.1, 0.15) is 38.5 Å². The molecule has 0 aliphatic rings. The van der Waals surface area contributed by atoms with Crippen molar-refractivity contribution in [3.8, 4) is 5.75 Å². The molecule has 0 saturated heterocycles. The van der Waals surface area contributed by atoms with E-state index in [0.717, 1.165) is 22.4 Å². The first-order valence-corrected chi connectivity index (χ1v) is 11.4. The molecular weight excluding hydrogens is 508 g/mol. The van der Waals surface area contributed by atoms with Gasteiger partial charge in [-0.2, -0.15) is 5.10 Å². The molecule has 0 aliphatic carbocycles. The Kier molecular flexibility index (Phi) is 6.85. The number of carbonyl (C=O) groups excluding carboxylic acids is 1. The van der Waals surface area contributed by atoms with Crippen molar-refractivity contribution >= 4 is 39.3 Å². The number of hydrogen-bond donors (Lipinski definition) is 1. The number of aryl methyl sites for hydroxylation is 3. The molecule has 0 aliphatic heterocycles. The minimum Gasteiger partial charge on any atom is -0.488 e. The Morgan fingerprint density at radius 3 is 2.55 bits per heavy atom. The van der Waals surface area contributed by atoms with Crippen LogP contribution in [0.3, 0.4) is 0 Å². The number of para-hydroxylation sites is 1. The number of nitrogens with zero attached hydrogens (tertiary/aromatic N) is 3. The Hall–Kier alpha value is -3.10. The molecule has 0 fully saturated rings. The largest absolute Gasteiger partial charge is 0.488 e. The average Bonchev–Trinajstić information content (AvgIpc) is 3.31. The normalized spacial score (nSPS) is 10.9. The van der Waals surface area contributed by atoms with Crippen LogP contribution in [0.15, 0.2) is 57.7 Å². The SMILES string of the molecule is Cc1cccc(C)c1OCc1c(C(=O)Nc2nn(Cc3ccc(Cl)cc3)cc2Br)noc1C. The summed E-state index contributed by atoms with van der Waals surface area (Å²) in [5, 5.41) is 11.9. The molecule has 4 aromatic rings. The minimum absolute atomic E-state index is 0.163. The van der Waals surface area contributed by atoms with Gasteiger partial charge in [0.15, 0.2) is 11.5 Å². The number of carbonyl (C=O) groups is 1. The van der Waals surface area contributed by atoms with E-state index in [9.17, 15) is 4.79 Å². The molecular formula is C24H22BrClN4O3. The fourth-order valence-electron chi connectivity index (χ4n) is 3.42. The zero-order chi connectivity index (χ0) is 23.5. The number of nitrogens with one attached hydrogen (secondary N) is 1. The van der Waals surface area contributed by atoms with E-state index in [1.54, 1.807) is 17.8 Å². The quantitative estimate of drug-likeness (QED) is 0.313. The molecule has 33 heavy (non-hydrogen) atoms. The summed E-state index contributed by atoms with van der Waals surface area (Å²) in [6.45, 7) is 6.41. The minimum atomic E-state index is -0.426. The maximum atomic E-state index is 13.0. The molecule has 0 saturated carbocycles. The van der Waals surface area contributed by atoms with Crippen LogP contribution in [0, 0.1) is 20.8 Å². The number of halogens is 2. The van der Waals surface area contributed by atoms with Gasteiger partial charge in [-0.05, 0) is 65.5 Å². The summed E-state index contributed by atoms with van der Waals surface area (Å²) in [5.74, 6) is 1.27. The molecule has 0 radical (unpaired) electrons. The van der Waals surface area contributed by atoms with Crippen LogP contribution in [0.25, 0.3) is 0 Å². The first-order valence-electron chi connectivity index (χ1n) is 10.2.